The van der Waals surface area contributed by atoms with E-state index in [-0.39, 0.29) is 25.0 Å². The molecular formula is C27H36N2O6. The molecule has 2 bridgehead atoms. The van der Waals surface area contributed by atoms with Crippen LogP contribution in [0.15, 0.2) is 43.0 Å². The number of rotatable bonds is 12. The van der Waals surface area contributed by atoms with Crippen LogP contribution in [-0.2, 0) is 30.4 Å². The summed E-state index contributed by atoms with van der Waals surface area (Å²) in [5.41, 5.74) is -0.0415. The minimum atomic E-state index is -1.02. The molecule has 3 fully saturated rings. The lowest BCUT2D eigenvalue weighted by Crippen LogP contribution is -2.56. The van der Waals surface area contributed by atoms with Crippen molar-refractivity contribution in [2.45, 2.75) is 63.3 Å². The Kier molecular flexibility index (Phi) is 7.91. The Morgan fingerprint density at radius 1 is 1.29 bits per heavy atom. The third-order valence-electron chi connectivity index (χ3n) is 7.53. The van der Waals surface area contributed by atoms with Crippen LogP contribution in [0.3, 0.4) is 0 Å². The molecule has 190 valence electrons. The number of unbranched alkanes of at least 4 members (excludes halogenated alkanes) is 2. The first-order chi connectivity index (χ1) is 17.0. The van der Waals surface area contributed by atoms with Crippen LogP contribution in [0, 0.1) is 11.8 Å². The fourth-order valence-electron chi connectivity index (χ4n) is 6.12. The van der Waals surface area contributed by atoms with Crippen LogP contribution < -0.4 is 0 Å². The van der Waals surface area contributed by atoms with Gasteiger partial charge in [-0.05, 0) is 44.6 Å². The van der Waals surface area contributed by atoms with Crippen LogP contribution >= 0.6 is 0 Å². The molecule has 8 heteroatoms. The summed E-state index contributed by atoms with van der Waals surface area (Å²) in [7, 11) is 0. The molecule has 1 spiro atoms. The number of benzene rings is 1. The second kappa shape index (κ2) is 10.9. The highest BCUT2D eigenvalue weighted by atomic mass is 16.6. The molecule has 1 aromatic rings. The molecule has 0 unspecified atom stereocenters. The molecule has 1 N–H and O–H groups in total. The normalized spacial score (nSPS) is 28.7. The maximum absolute atomic E-state index is 14.2. The predicted molar refractivity (Wildman–Crippen MR) is 129 cm³/mol. The topological polar surface area (TPSA) is 96.4 Å². The molecule has 35 heavy (non-hydrogen) atoms. The SMILES string of the molecule is C=CCN(Cc1ccccc1)C(=O)[C@@H]1N(CCCCCO)C(=O)[C@H]2[C@H](C(=O)OCC)[C@@H]3CC[C@]12O3. The molecule has 3 aliphatic heterocycles. The maximum atomic E-state index is 14.2. The molecule has 1 aromatic carbocycles. The minimum absolute atomic E-state index is 0.0861. The number of aliphatic hydroxyl groups excluding tert-OH is 1. The van der Waals surface area contributed by atoms with Crippen LogP contribution in [0.25, 0.3) is 0 Å². The van der Waals surface area contributed by atoms with Gasteiger partial charge in [0, 0.05) is 26.2 Å². The van der Waals surface area contributed by atoms with E-state index in [2.05, 4.69) is 6.58 Å². The standard InChI is InChI=1S/C27H36N2O6/c1-3-15-28(18-19-11-7-5-8-12-19)25(32)23-27-14-13-20(35-27)21(26(33)34-4-2)22(27)24(31)29(23)16-9-6-10-17-30/h3,5,7-8,11-12,20-23,30H,1,4,6,9-10,13-18H2,2H3/t20-,21+,22+,23-,27+/m0/s1. The average molecular weight is 485 g/mol. The van der Waals surface area contributed by atoms with Gasteiger partial charge in [-0.3, -0.25) is 14.4 Å². The minimum Gasteiger partial charge on any atom is -0.466 e. The summed E-state index contributed by atoms with van der Waals surface area (Å²) < 4.78 is 11.7. The Labute approximate surface area is 206 Å². The van der Waals surface area contributed by atoms with E-state index in [1.165, 1.54) is 0 Å². The Hall–Kier alpha value is -2.71. The molecule has 0 aromatic heterocycles. The number of hydrogen-bond donors (Lipinski definition) is 1. The lowest BCUT2D eigenvalue weighted by Gasteiger charge is -2.36. The quantitative estimate of drug-likeness (QED) is 0.278. The first-order valence-corrected chi connectivity index (χ1v) is 12.7. The molecule has 3 aliphatic rings. The van der Waals surface area contributed by atoms with Gasteiger partial charge in [-0.2, -0.15) is 0 Å². The Morgan fingerprint density at radius 3 is 2.74 bits per heavy atom. The van der Waals surface area contributed by atoms with Crippen LogP contribution in [-0.4, -0.2) is 76.7 Å². The summed E-state index contributed by atoms with van der Waals surface area (Å²) in [6.07, 6.45) is 4.49. The van der Waals surface area contributed by atoms with Gasteiger partial charge < -0.3 is 24.4 Å². The van der Waals surface area contributed by atoms with Crippen molar-refractivity contribution in [2.75, 3.05) is 26.3 Å². The Bertz CT molecular complexity index is 937. The second-order valence-electron chi connectivity index (χ2n) is 9.62. The Balaban J connectivity index is 1.67. The van der Waals surface area contributed by atoms with Crippen molar-refractivity contribution < 1.29 is 29.0 Å². The van der Waals surface area contributed by atoms with Gasteiger partial charge in [-0.15, -0.1) is 6.58 Å². The van der Waals surface area contributed by atoms with Crippen molar-refractivity contribution in [3.05, 3.63) is 48.6 Å². The second-order valence-corrected chi connectivity index (χ2v) is 9.62. The fourth-order valence-corrected chi connectivity index (χ4v) is 6.12. The number of amides is 2. The summed E-state index contributed by atoms with van der Waals surface area (Å²) in [5.74, 6) is -2.20. The highest BCUT2D eigenvalue weighted by Crippen LogP contribution is 2.58. The largest absolute Gasteiger partial charge is 0.466 e. The zero-order valence-corrected chi connectivity index (χ0v) is 20.4. The Morgan fingerprint density at radius 2 is 2.06 bits per heavy atom. The smallest absolute Gasteiger partial charge is 0.312 e. The number of hydrogen-bond acceptors (Lipinski definition) is 6. The molecule has 4 rings (SSSR count). The lowest BCUT2D eigenvalue weighted by molar-refractivity contribution is -0.155. The molecule has 0 saturated carbocycles. The van der Waals surface area contributed by atoms with E-state index in [4.69, 9.17) is 14.6 Å². The fraction of sp³-hybridized carbons (Fsp3) is 0.593. The molecule has 0 aliphatic carbocycles. The van der Waals surface area contributed by atoms with E-state index in [0.29, 0.717) is 45.3 Å². The van der Waals surface area contributed by atoms with Gasteiger partial charge in [-0.25, -0.2) is 0 Å². The third-order valence-corrected chi connectivity index (χ3v) is 7.53. The van der Waals surface area contributed by atoms with E-state index in [9.17, 15) is 14.4 Å². The number of aliphatic hydroxyl groups is 1. The van der Waals surface area contributed by atoms with Gasteiger partial charge in [0.25, 0.3) is 0 Å². The maximum Gasteiger partial charge on any atom is 0.312 e. The van der Waals surface area contributed by atoms with E-state index < -0.39 is 35.6 Å². The highest BCUT2D eigenvalue weighted by Gasteiger charge is 2.74. The number of fused-ring (bicyclic) bond motifs is 1. The van der Waals surface area contributed by atoms with Crippen molar-refractivity contribution in [3.63, 3.8) is 0 Å². The van der Waals surface area contributed by atoms with Crippen LogP contribution in [0.2, 0.25) is 0 Å². The number of esters is 1. The van der Waals surface area contributed by atoms with Crippen LogP contribution in [0.1, 0.15) is 44.6 Å². The van der Waals surface area contributed by atoms with Gasteiger partial charge in [0.1, 0.15) is 11.6 Å². The van der Waals surface area contributed by atoms with E-state index in [0.717, 1.165) is 12.0 Å². The number of ether oxygens (including phenoxy) is 2. The van der Waals surface area contributed by atoms with Gasteiger partial charge in [-0.1, -0.05) is 36.4 Å². The van der Waals surface area contributed by atoms with Crippen molar-refractivity contribution in [2.24, 2.45) is 11.8 Å². The number of nitrogens with zero attached hydrogens (tertiary/aromatic N) is 2. The van der Waals surface area contributed by atoms with Crippen molar-refractivity contribution in [1.82, 2.24) is 9.80 Å². The van der Waals surface area contributed by atoms with E-state index >= 15 is 0 Å². The highest BCUT2D eigenvalue weighted by molar-refractivity contribution is 5.98. The van der Waals surface area contributed by atoms with Gasteiger partial charge >= 0.3 is 5.97 Å². The number of carbonyl (C=O) groups is 3. The van der Waals surface area contributed by atoms with Crippen molar-refractivity contribution in [3.8, 4) is 0 Å². The summed E-state index contributed by atoms with van der Waals surface area (Å²) in [4.78, 5) is 44.2. The molecule has 0 radical (unpaired) electrons. The molecule has 5 atom stereocenters. The number of likely N-dealkylation sites (tertiary alicyclic amines) is 1. The summed E-state index contributed by atoms with van der Waals surface area (Å²) in [5, 5.41) is 9.16. The van der Waals surface area contributed by atoms with Gasteiger partial charge in [0.2, 0.25) is 11.8 Å². The zero-order chi connectivity index (χ0) is 25.0. The molecule has 2 amide bonds. The van der Waals surface area contributed by atoms with Crippen LogP contribution in [0.5, 0.6) is 0 Å². The lowest BCUT2D eigenvalue weighted by atomic mass is 9.70. The number of carbonyl (C=O) groups excluding carboxylic acids is 3. The predicted octanol–water partition coefficient (Wildman–Crippen LogP) is 2.30. The van der Waals surface area contributed by atoms with Crippen molar-refractivity contribution in [1.29, 1.82) is 0 Å². The van der Waals surface area contributed by atoms with Crippen LogP contribution in [0.4, 0.5) is 0 Å². The van der Waals surface area contributed by atoms with E-state index in [1.54, 1.807) is 22.8 Å². The average Bonchev–Trinajstić information content (AvgIpc) is 3.49. The summed E-state index contributed by atoms with van der Waals surface area (Å²) >= 11 is 0. The summed E-state index contributed by atoms with van der Waals surface area (Å²) in [6.45, 7) is 7.00. The van der Waals surface area contributed by atoms with E-state index in [1.807, 2.05) is 30.3 Å². The molecule has 3 saturated heterocycles. The first kappa shape index (κ1) is 25.4. The van der Waals surface area contributed by atoms with Gasteiger partial charge in [0.05, 0.1) is 24.5 Å². The van der Waals surface area contributed by atoms with Gasteiger partial charge in [0.15, 0.2) is 0 Å². The molecule has 3 heterocycles. The monoisotopic (exact) mass is 484 g/mol. The molecular weight excluding hydrogens is 448 g/mol. The zero-order valence-electron chi connectivity index (χ0n) is 20.4. The third kappa shape index (κ3) is 4.61. The first-order valence-electron chi connectivity index (χ1n) is 12.7. The molecule has 8 nitrogen and oxygen atoms in total. The summed E-state index contributed by atoms with van der Waals surface area (Å²) in [6, 6.07) is 8.91. The van der Waals surface area contributed by atoms with Crippen molar-refractivity contribution >= 4 is 17.8 Å².